The van der Waals surface area contributed by atoms with Gasteiger partial charge in [0.25, 0.3) is 5.88 Å². The third-order valence-corrected chi connectivity index (χ3v) is 3.54. The molecule has 90 valence electrons. The van der Waals surface area contributed by atoms with Crippen LogP contribution in [-0.2, 0) is 11.2 Å². The minimum Gasteiger partial charge on any atom is -0.448 e. The molecule has 0 aliphatic rings. The zero-order valence-corrected chi connectivity index (χ0v) is 10.1. The first kappa shape index (κ1) is 11.0. The average Bonchev–Trinajstić information content (AvgIpc) is 2.96. The Bertz CT molecular complexity index is 639. The van der Waals surface area contributed by atoms with E-state index in [4.69, 9.17) is 9.15 Å². The highest BCUT2D eigenvalue weighted by Crippen LogP contribution is 2.25. The summed E-state index contributed by atoms with van der Waals surface area (Å²) in [6.45, 7) is 0. The summed E-state index contributed by atoms with van der Waals surface area (Å²) in [6.07, 6.45) is 2.76. The number of benzene rings is 1. The van der Waals surface area contributed by atoms with Gasteiger partial charge in [0.1, 0.15) is 0 Å². The molecule has 0 amide bonds. The Morgan fingerprint density at radius 3 is 3.06 bits per heavy atom. The number of carbonyl (C=O) groups is 1. The summed E-state index contributed by atoms with van der Waals surface area (Å²) in [5.74, 6) is -0.142. The molecule has 5 heteroatoms. The lowest BCUT2D eigenvalue weighted by atomic mass is 10.2. The second-order valence-electron chi connectivity index (χ2n) is 3.73. The van der Waals surface area contributed by atoms with Crippen molar-refractivity contribution in [2.45, 2.75) is 6.42 Å². The van der Waals surface area contributed by atoms with Crippen molar-refractivity contribution in [1.82, 2.24) is 4.98 Å². The molecule has 3 rings (SSSR count). The normalized spacial score (nSPS) is 10.7. The maximum atomic E-state index is 11.7. The molecule has 18 heavy (non-hydrogen) atoms. The summed E-state index contributed by atoms with van der Waals surface area (Å²) in [5, 5.41) is 1.15. The highest BCUT2D eigenvalue weighted by Gasteiger charge is 2.10. The third kappa shape index (κ3) is 2.26. The molecule has 2 aromatic heterocycles. The van der Waals surface area contributed by atoms with Gasteiger partial charge in [0.05, 0.1) is 6.42 Å². The number of fused-ring (bicyclic) bond motifs is 1. The van der Waals surface area contributed by atoms with Crippen molar-refractivity contribution < 1.29 is 13.9 Å². The number of rotatable bonds is 3. The summed E-state index contributed by atoms with van der Waals surface area (Å²) >= 11 is 1.59. The first-order valence-corrected chi connectivity index (χ1v) is 6.19. The molecule has 0 saturated heterocycles. The molecule has 4 nitrogen and oxygen atoms in total. The number of esters is 1. The van der Waals surface area contributed by atoms with Crippen LogP contribution in [0.2, 0.25) is 0 Å². The number of oxazole rings is 1. The van der Waals surface area contributed by atoms with Gasteiger partial charge in [-0.05, 0) is 17.5 Å². The van der Waals surface area contributed by atoms with Gasteiger partial charge in [-0.25, -0.2) is 0 Å². The number of ether oxygens (including phenoxy) is 1. The van der Waals surface area contributed by atoms with Gasteiger partial charge in [-0.3, -0.25) is 4.79 Å². The Hall–Kier alpha value is -2.14. The average molecular weight is 259 g/mol. The summed E-state index contributed by atoms with van der Waals surface area (Å²) in [5.41, 5.74) is 0. The molecule has 0 bridgehead atoms. The first-order chi connectivity index (χ1) is 8.81. The van der Waals surface area contributed by atoms with Crippen molar-refractivity contribution in [3.63, 3.8) is 0 Å². The summed E-state index contributed by atoms with van der Waals surface area (Å²) < 4.78 is 10.9. The highest BCUT2D eigenvalue weighted by atomic mass is 32.1. The second kappa shape index (κ2) is 4.62. The molecule has 0 atom stereocenters. The molecule has 0 fully saturated rings. The van der Waals surface area contributed by atoms with E-state index in [2.05, 4.69) is 4.98 Å². The molecule has 0 N–H and O–H groups in total. The van der Waals surface area contributed by atoms with Crippen LogP contribution in [0, 0.1) is 0 Å². The van der Waals surface area contributed by atoms with Crippen LogP contribution in [-0.4, -0.2) is 11.0 Å². The Morgan fingerprint density at radius 2 is 2.28 bits per heavy atom. The van der Waals surface area contributed by atoms with Crippen LogP contribution in [0.3, 0.4) is 0 Å². The van der Waals surface area contributed by atoms with Crippen molar-refractivity contribution in [2.75, 3.05) is 0 Å². The van der Waals surface area contributed by atoms with Crippen molar-refractivity contribution in [2.24, 2.45) is 0 Å². The lowest BCUT2D eigenvalue weighted by Crippen LogP contribution is -2.10. The highest BCUT2D eigenvalue weighted by molar-refractivity contribution is 7.19. The fraction of sp³-hybridized carbons (Fsp3) is 0.0769. The first-order valence-electron chi connectivity index (χ1n) is 5.37. The fourth-order valence-corrected chi connectivity index (χ4v) is 2.72. The molecule has 0 radical (unpaired) electrons. The van der Waals surface area contributed by atoms with E-state index in [1.54, 1.807) is 11.3 Å². The summed E-state index contributed by atoms with van der Waals surface area (Å²) in [6, 6.07) is 10.0. The predicted molar refractivity (Wildman–Crippen MR) is 67.7 cm³/mol. The third-order valence-electron chi connectivity index (χ3n) is 2.42. The van der Waals surface area contributed by atoms with Crippen LogP contribution in [0.5, 0.6) is 5.88 Å². The van der Waals surface area contributed by atoms with E-state index in [0.717, 1.165) is 10.3 Å². The van der Waals surface area contributed by atoms with Gasteiger partial charge in [-0.15, -0.1) is 11.3 Å². The van der Waals surface area contributed by atoms with Crippen LogP contribution in [0.15, 0.2) is 47.4 Å². The van der Waals surface area contributed by atoms with Gasteiger partial charge in [0, 0.05) is 9.58 Å². The van der Waals surface area contributed by atoms with Gasteiger partial charge in [0.15, 0.2) is 12.7 Å². The fourth-order valence-electron chi connectivity index (χ4n) is 1.67. The van der Waals surface area contributed by atoms with Gasteiger partial charge in [-0.1, -0.05) is 18.2 Å². The number of hydrogen-bond donors (Lipinski definition) is 0. The van der Waals surface area contributed by atoms with E-state index in [-0.39, 0.29) is 18.3 Å². The van der Waals surface area contributed by atoms with Crippen molar-refractivity contribution in [1.29, 1.82) is 0 Å². The van der Waals surface area contributed by atoms with Gasteiger partial charge >= 0.3 is 5.97 Å². The molecule has 0 unspecified atom stereocenters. The Kier molecular flexibility index (Phi) is 2.82. The standard InChI is InChI=1S/C13H9NO3S/c15-13(17-12-7-16-8-14-12)6-10-5-9-3-1-2-4-11(9)18-10/h1-5,7-8H,6H2. The maximum absolute atomic E-state index is 11.7. The number of nitrogens with zero attached hydrogens (tertiary/aromatic N) is 1. The van der Waals surface area contributed by atoms with Gasteiger partial charge in [-0.2, -0.15) is 4.98 Å². The Morgan fingerprint density at radius 1 is 1.39 bits per heavy atom. The van der Waals surface area contributed by atoms with E-state index in [9.17, 15) is 4.79 Å². The molecular formula is C13H9NO3S. The monoisotopic (exact) mass is 259 g/mol. The zero-order valence-electron chi connectivity index (χ0n) is 9.33. The van der Waals surface area contributed by atoms with Gasteiger partial charge in [0.2, 0.25) is 0 Å². The minimum absolute atomic E-state index is 0.195. The molecule has 0 saturated carbocycles. The van der Waals surface area contributed by atoms with Crippen molar-refractivity contribution in [3.8, 4) is 5.88 Å². The lowest BCUT2D eigenvalue weighted by molar-refractivity contribution is -0.133. The maximum Gasteiger partial charge on any atom is 0.317 e. The molecule has 1 aromatic carbocycles. The van der Waals surface area contributed by atoms with Crippen LogP contribution < -0.4 is 4.74 Å². The molecule has 0 aliphatic carbocycles. The van der Waals surface area contributed by atoms with E-state index >= 15 is 0 Å². The molecule has 3 aromatic rings. The lowest BCUT2D eigenvalue weighted by Gasteiger charge is -1.97. The largest absolute Gasteiger partial charge is 0.448 e. The Balaban J connectivity index is 1.74. The van der Waals surface area contributed by atoms with Crippen LogP contribution in [0.25, 0.3) is 10.1 Å². The molecule has 0 aliphatic heterocycles. The molecule has 0 spiro atoms. The zero-order chi connectivity index (χ0) is 12.4. The van der Waals surface area contributed by atoms with E-state index in [0.29, 0.717) is 0 Å². The number of hydrogen-bond acceptors (Lipinski definition) is 5. The van der Waals surface area contributed by atoms with Crippen LogP contribution in [0.1, 0.15) is 4.88 Å². The van der Waals surface area contributed by atoms with E-state index in [1.807, 2.05) is 30.3 Å². The SMILES string of the molecule is O=C(Cc1cc2ccccc2s1)Oc1cocn1. The topological polar surface area (TPSA) is 52.3 Å². The smallest absolute Gasteiger partial charge is 0.317 e. The number of thiophene rings is 1. The van der Waals surface area contributed by atoms with Crippen molar-refractivity contribution >= 4 is 27.4 Å². The van der Waals surface area contributed by atoms with Crippen LogP contribution >= 0.6 is 11.3 Å². The summed E-state index contributed by atoms with van der Waals surface area (Å²) in [7, 11) is 0. The van der Waals surface area contributed by atoms with Crippen LogP contribution in [0.4, 0.5) is 0 Å². The quantitative estimate of drug-likeness (QED) is 0.678. The Labute approximate surface area is 107 Å². The number of carbonyl (C=O) groups excluding carboxylic acids is 1. The molecule has 2 heterocycles. The second-order valence-corrected chi connectivity index (χ2v) is 4.90. The van der Waals surface area contributed by atoms with Gasteiger partial charge < -0.3 is 9.15 Å². The van der Waals surface area contributed by atoms with E-state index < -0.39 is 0 Å². The van der Waals surface area contributed by atoms with Crippen molar-refractivity contribution in [3.05, 3.63) is 47.9 Å². The minimum atomic E-state index is -0.338. The number of aromatic nitrogens is 1. The predicted octanol–water partition coefficient (Wildman–Crippen LogP) is 3.04. The summed E-state index contributed by atoms with van der Waals surface area (Å²) in [4.78, 5) is 16.4. The van der Waals surface area contributed by atoms with E-state index in [1.165, 1.54) is 17.4 Å². The molecular weight excluding hydrogens is 250 g/mol.